The van der Waals surface area contributed by atoms with E-state index in [4.69, 9.17) is 5.21 Å². The second kappa shape index (κ2) is 2.67. The number of piperidine rings is 1. The van der Waals surface area contributed by atoms with E-state index in [0.29, 0.717) is 11.8 Å². The van der Waals surface area contributed by atoms with Crippen molar-refractivity contribution in [3.8, 4) is 0 Å². The number of nitrogens with zero attached hydrogens (tertiary/aromatic N) is 1. The zero-order valence-electron chi connectivity index (χ0n) is 6.17. The largest absolute Gasteiger partial charge is 0.314 e. The summed E-state index contributed by atoms with van der Waals surface area (Å²) in [5.74, 6) is 1.33. The van der Waals surface area contributed by atoms with Gasteiger partial charge in [-0.15, -0.1) is 0 Å². The van der Waals surface area contributed by atoms with Gasteiger partial charge in [-0.05, 0) is 18.3 Å². The minimum Gasteiger partial charge on any atom is -0.314 e. The summed E-state index contributed by atoms with van der Waals surface area (Å²) < 4.78 is 0. The first-order chi connectivity index (χ1) is 4.18. The topological polar surface area (TPSA) is 23.5 Å². The second-order valence-electron chi connectivity index (χ2n) is 3.32. The Balaban J connectivity index is 2.34. The molecule has 54 valence electrons. The van der Waals surface area contributed by atoms with Crippen LogP contribution in [0.15, 0.2) is 0 Å². The van der Waals surface area contributed by atoms with Crippen LogP contribution >= 0.6 is 0 Å². The van der Waals surface area contributed by atoms with Gasteiger partial charge in [0.05, 0.1) is 0 Å². The number of rotatable bonds is 0. The van der Waals surface area contributed by atoms with Gasteiger partial charge in [0.2, 0.25) is 0 Å². The number of hydrogen-bond acceptors (Lipinski definition) is 2. The molecule has 0 unspecified atom stereocenters. The van der Waals surface area contributed by atoms with Crippen LogP contribution in [0.5, 0.6) is 0 Å². The van der Waals surface area contributed by atoms with Crippen molar-refractivity contribution in [3.63, 3.8) is 0 Å². The monoisotopic (exact) mass is 129 g/mol. The normalized spacial score (nSPS) is 39.0. The molecular weight excluding hydrogens is 114 g/mol. The molecular formula is C7H15NO. The highest BCUT2D eigenvalue weighted by molar-refractivity contribution is 4.68. The summed E-state index contributed by atoms with van der Waals surface area (Å²) in [4.78, 5) is 0. The first-order valence-electron chi connectivity index (χ1n) is 3.62. The van der Waals surface area contributed by atoms with Crippen molar-refractivity contribution in [2.45, 2.75) is 20.3 Å². The fourth-order valence-corrected chi connectivity index (χ4v) is 1.63. The van der Waals surface area contributed by atoms with E-state index in [-0.39, 0.29) is 0 Å². The maximum absolute atomic E-state index is 9.08. The molecule has 2 nitrogen and oxygen atoms in total. The fourth-order valence-electron chi connectivity index (χ4n) is 1.63. The molecule has 0 aromatic heterocycles. The Morgan fingerprint density at radius 3 is 2.00 bits per heavy atom. The summed E-state index contributed by atoms with van der Waals surface area (Å²) in [5, 5.41) is 10.5. The van der Waals surface area contributed by atoms with Crippen LogP contribution in [0.25, 0.3) is 0 Å². The average molecular weight is 129 g/mol. The van der Waals surface area contributed by atoms with Crippen molar-refractivity contribution in [2.75, 3.05) is 13.1 Å². The molecule has 1 heterocycles. The van der Waals surface area contributed by atoms with Crippen LogP contribution in [0.3, 0.4) is 0 Å². The Labute approximate surface area is 56.4 Å². The highest BCUT2D eigenvalue weighted by Crippen LogP contribution is 2.18. The zero-order valence-corrected chi connectivity index (χ0v) is 6.17. The molecule has 1 aliphatic rings. The minimum absolute atomic E-state index is 0.666. The van der Waals surface area contributed by atoms with Crippen molar-refractivity contribution in [1.82, 2.24) is 5.06 Å². The predicted molar refractivity (Wildman–Crippen MR) is 36.3 cm³/mol. The summed E-state index contributed by atoms with van der Waals surface area (Å²) in [6.07, 6.45) is 1.26. The van der Waals surface area contributed by atoms with Gasteiger partial charge in [0.1, 0.15) is 0 Å². The highest BCUT2D eigenvalue weighted by Gasteiger charge is 2.19. The van der Waals surface area contributed by atoms with Crippen molar-refractivity contribution in [2.24, 2.45) is 11.8 Å². The molecule has 0 radical (unpaired) electrons. The smallest absolute Gasteiger partial charge is 0.0264 e. The van der Waals surface area contributed by atoms with Gasteiger partial charge in [-0.3, -0.25) is 0 Å². The Hall–Kier alpha value is -0.0800. The Kier molecular flexibility index (Phi) is 2.09. The molecule has 0 aromatic rings. The van der Waals surface area contributed by atoms with Crippen molar-refractivity contribution >= 4 is 0 Å². The molecule has 0 bridgehead atoms. The van der Waals surface area contributed by atoms with Crippen LogP contribution in [0.2, 0.25) is 0 Å². The van der Waals surface area contributed by atoms with Gasteiger partial charge in [-0.1, -0.05) is 13.8 Å². The molecule has 0 spiro atoms. The highest BCUT2D eigenvalue weighted by atomic mass is 16.5. The van der Waals surface area contributed by atoms with Crippen LogP contribution in [-0.2, 0) is 0 Å². The third kappa shape index (κ3) is 1.95. The molecule has 1 rings (SSSR count). The lowest BCUT2D eigenvalue weighted by Gasteiger charge is -2.30. The minimum atomic E-state index is 0.666. The third-order valence-corrected chi connectivity index (χ3v) is 1.85. The van der Waals surface area contributed by atoms with E-state index in [1.165, 1.54) is 11.5 Å². The van der Waals surface area contributed by atoms with Gasteiger partial charge in [-0.2, -0.15) is 5.06 Å². The van der Waals surface area contributed by atoms with Crippen LogP contribution < -0.4 is 0 Å². The van der Waals surface area contributed by atoms with E-state index in [1.807, 2.05) is 0 Å². The van der Waals surface area contributed by atoms with Crippen molar-refractivity contribution in [3.05, 3.63) is 0 Å². The van der Waals surface area contributed by atoms with Gasteiger partial charge < -0.3 is 5.21 Å². The predicted octanol–water partition coefficient (Wildman–Crippen LogP) is 1.35. The second-order valence-corrected chi connectivity index (χ2v) is 3.32. The van der Waals surface area contributed by atoms with Crippen molar-refractivity contribution < 1.29 is 5.21 Å². The standard InChI is InChI=1S/C7H15NO/c1-6-3-7(2)5-8(9)4-6/h6-7,9H,3-5H2,1-2H3/t6-,7-/m0/s1. The Morgan fingerprint density at radius 2 is 1.67 bits per heavy atom. The van der Waals surface area contributed by atoms with E-state index in [0.717, 1.165) is 13.1 Å². The van der Waals surface area contributed by atoms with E-state index in [9.17, 15) is 0 Å². The number of hydroxylamine groups is 2. The maximum atomic E-state index is 9.08. The van der Waals surface area contributed by atoms with Gasteiger partial charge in [0, 0.05) is 13.1 Å². The van der Waals surface area contributed by atoms with Gasteiger partial charge in [-0.25, -0.2) is 0 Å². The maximum Gasteiger partial charge on any atom is 0.0264 e. The van der Waals surface area contributed by atoms with Gasteiger partial charge in [0.25, 0.3) is 0 Å². The first kappa shape index (κ1) is 7.03. The lowest BCUT2D eigenvalue weighted by molar-refractivity contribution is -0.128. The van der Waals surface area contributed by atoms with Crippen molar-refractivity contribution in [1.29, 1.82) is 0 Å². The molecule has 1 saturated heterocycles. The molecule has 0 aromatic carbocycles. The molecule has 0 amide bonds. The van der Waals surface area contributed by atoms with Crippen LogP contribution in [0.4, 0.5) is 0 Å². The molecule has 0 saturated carbocycles. The van der Waals surface area contributed by atoms with Crippen LogP contribution in [-0.4, -0.2) is 23.4 Å². The average Bonchev–Trinajstić information content (AvgIpc) is 1.59. The molecule has 1 N–H and O–H groups in total. The SMILES string of the molecule is C[C@H]1C[C@H](C)CN(O)C1. The summed E-state index contributed by atoms with van der Waals surface area (Å²) in [7, 11) is 0. The van der Waals surface area contributed by atoms with Crippen LogP contribution in [0.1, 0.15) is 20.3 Å². The fraction of sp³-hybridized carbons (Fsp3) is 1.00. The third-order valence-electron chi connectivity index (χ3n) is 1.85. The van der Waals surface area contributed by atoms with E-state index >= 15 is 0 Å². The molecule has 1 aliphatic heterocycles. The zero-order chi connectivity index (χ0) is 6.85. The molecule has 1 fully saturated rings. The molecule has 9 heavy (non-hydrogen) atoms. The molecule has 2 heteroatoms. The van der Waals surface area contributed by atoms with Crippen LogP contribution in [0, 0.1) is 11.8 Å². The first-order valence-corrected chi connectivity index (χ1v) is 3.62. The van der Waals surface area contributed by atoms with E-state index in [2.05, 4.69) is 13.8 Å². The Morgan fingerprint density at radius 1 is 1.22 bits per heavy atom. The molecule has 2 atom stereocenters. The lowest BCUT2D eigenvalue weighted by Crippen LogP contribution is -2.35. The number of hydrogen-bond donors (Lipinski definition) is 1. The summed E-state index contributed by atoms with van der Waals surface area (Å²) in [5.41, 5.74) is 0. The van der Waals surface area contributed by atoms with Gasteiger partial charge >= 0.3 is 0 Å². The summed E-state index contributed by atoms with van der Waals surface area (Å²) in [6, 6.07) is 0. The van der Waals surface area contributed by atoms with E-state index < -0.39 is 0 Å². The van der Waals surface area contributed by atoms with Gasteiger partial charge in [0.15, 0.2) is 0 Å². The summed E-state index contributed by atoms with van der Waals surface area (Å²) >= 11 is 0. The summed E-state index contributed by atoms with van der Waals surface area (Å²) in [6.45, 7) is 6.06. The molecule has 0 aliphatic carbocycles. The quantitative estimate of drug-likeness (QED) is 0.533. The Bertz CT molecular complexity index is 69.9. The van der Waals surface area contributed by atoms with E-state index in [1.54, 1.807) is 0 Å². The lowest BCUT2D eigenvalue weighted by atomic mass is 9.93.